The Hall–Kier alpha value is 0.270. The van der Waals surface area contributed by atoms with E-state index >= 15 is 0 Å². The molecule has 1 rings (SSSR count). The second-order valence-electron chi connectivity index (χ2n) is 6.66. The lowest BCUT2D eigenvalue weighted by molar-refractivity contribution is 0.0200. The molecule has 0 heterocycles. The first-order valence-corrected chi connectivity index (χ1v) is 9.32. The summed E-state index contributed by atoms with van der Waals surface area (Å²) in [5, 5.41) is 0. The smallest absolute Gasteiger partial charge is 0.0334 e. The SMILES string of the molecule is CCC(CSC)N(C)C1(CN)CCCC(C(C)C)C1. The van der Waals surface area contributed by atoms with E-state index in [9.17, 15) is 0 Å². The monoisotopic (exact) mass is 286 g/mol. The lowest BCUT2D eigenvalue weighted by Gasteiger charge is -2.50. The Morgan fingerprint density at radius 1 is 1.42 bits per heavy atom. The van der Waals surface area contributed by atoms with Gasteiger partial charge in [-0.1, -0.05) is 33.6 Å². The molecule has 2 nitrogen and oxygen atoms in total. The summed E-state index contributed by atoms with van der Waals surface area (Å²) in [4.78, 5) is 2.64. The first-order valence-electron chi connectivity index (χ1n) is 7.92. The number of likely N-dealkylation sites (N-methyl/N-ethyl adjacent to an activating group) is 1. The second kappa shape index (κ2) is 7.90. The van der Waals surface area contributed by atoms with Crippen molar-refractivity contribution in [2.75, 3.05) is 25.6 Å². The molecule has 0 aromatic heterocycles. The van der Waals surface area contributed by atoms with Crippen molar-refractivity contribution in [1.82, 2.24) is 4.90 Å². The molecule has 1 saturated carbocycles. The molecule has 0 saturated heterocycles. The number of nitrogens with two attached hydrogens (primary N) is 1. The minimum Gasteiger partial charge on any atom is -0.329 e. The number of thioether (sulfide) groups is 1. The molecule has 0 amide bonds. The summed E-state index contributed by atoms with van der Waals surface area (Å²) in [5.74, 6) is 2.87. The molecule has 0 aromatic carbocycles. The fraction of sp³-hybridized carbons (Fsp3) is 1.00. The second-order valence-corrected chi connectivity index (χ2v) is 7.57. The molecule has 1 aliphatic carbocycles. The molecule has 3 unspecified atom stereocenters. The fourth-order valence-electron chi connectivity index (χ4n) is 3.69. The highest BCUT2D eigenvalue weighted by atomic mass is 32.2. The zero-order chi connectivity index (χ0) is 14.5. The van der Waals surface area contributed by atoms with Crippen LogP contribution < -0.4 is 5.73 Å². The maximum atomic E-state index is 6.24. The lowest BCUT2D eigenvalue weighted by Crippen LogP contribution is -2.58. The Morgan fingerprint density at radius 3 is 2.58 bits per heavy atom. The van der Waals surface area contributed by atoms with E-state index < -0.39 is 0 Å². The molecule has 1 aliphatic rings. The quantitative estimate of drug-likeness (QED) is 0.775. The summed E-state index contributed by atoms with van der Waals surface area (Å²) < 4.78 is 0. The van der Waals surface area contributed by atoms with Gasteiger partial charge in [-0.2, -0.15) is 11.8 Å². The van der Waals surface area contributed by atoms with Crippen LogP contribution in [0.25, 0.3) is 0 Å². The Balaban J connectivity index is 2.82. The van der Waals surface area contributed by atoms with Crippen molar-refractivity contribution in [3.63, 3.8) is 0 Å². The van der Waals surface area contributed by atoms with Gasteiger partial charge in [-0.05, 0) is 44.4 Å². The first-order chi connectivity index (χ1) is 9.00. The molecule has 0 bridgehead atoms. The van der Waals surface area contributed by atoms with E-state index in [0.29, 0.717) is 6.04 Å². The predicted molar refractivity (Wildman–Crippen MR) is 88.8 cm³/mol. The van der Waals surface area contributed by atoms with E-state index in [4.69, 9.17) is 5.73 Å². The molecular formula is C16H34N2S. The molecular weight excluding hydrogens is 252 g/mol. The van der Waals surface area contributed by atoms with Crippen molar-refractivity contribution >= 4 is 11.8 Å². The summed E-state index contributed by atoms with van der Waals surface area (Å²) >= 11 is 1.96. The Labute approximate surface area is 124 Å². The van der Waals surface area contributed by atoms with Crippen LogP contribution in [-0.4, -0.2) is 42.1 Å². The molecule has 2 N–H and O–H groups in total. The summed E-state index contributed by atoms with van der Waals surface area (Å²) in [7, 11) is 2.32. The minimum absolute atomic E-state index is 0.254. The highest BCUT2D eigenvalue weighted by molar-refractivity contribution is 7.98. The third kappa shape index (κ3) is 4.12. The van der Waals surface area contributed by atoms with Gasteiger partial charge in [-0.15, -0.1) is 0 Å². The molecule has 19 heavy (non-hydrogen) atoms. The first kappa shape index (κ1) is 17.3. The van der Waals surface area contributed by atoms with Crippen LogP contribution in [0.4, 0.5) is 0 Å². The van der Waals surface area contributed by atoms with Gasteiger partial charge in [0.05, 0.1) is 0 Å². The maximum absolute atomic E-state index is 6.24. The highest BCUT2D eigenvalue weighted by Crippen LogP contribution is 2.40. The van der Waals surface area contributed by atoms with Gasteiger partial charge < -0.3 is 5.73 Å². The Kier molecular flexibility index (Phi) is 7.20. The standard InChI is InChI=1S/C16H34N2S/c1-6-15(11-19-5)18(4)16(12-17)9-7-8-14(10-16)13(2)3/h13-15H,6-12,17H2,1-5H3. The van der Waals surface area contributed by atoms with Crippen LogP contribution in [0.1, 0.15) is 52.9 Å². The largest absolute Gasteiger partial charge is 0.329 e. The zero-order valence-corrected chi connectivity index (χ0v) is 14.4. The summed E-state index contributed by atoms with van der Waals surface area (Å²) in [6.07, 6.45) is 8.76. The van der Waals surface area contributed by atoms with Crippen molar-refractivity contribution in [3.05, 3.63) is 0 Å². The Bertz CT molecular complexity index is 257. The summed E-state index contributed by atoms with van der Waals surface area (Å²) in [6.45, 7) is 7.87. The molecule has 0 spiro atoms. The van der Waals surface area contributed by atoms with Crippen LogP contribution >= 0.6 is 11.8 Å². The van der Waals surface area contributed by atoms with Crippen LogP contribution in [0.15, 0.2) is 0 Å². The number of rotatable bonds is 7. The van der Waals surface area contributed by atoms with Crippen molar-refractivity contribution < 1.29 is 0 Å². The third-order valence-electron chi connectivity index (χ3n) is 5.31. The Morgan fingerprint density at radius 2 is 2.11 bits per heavy atom. The molecule has 0 aliphatic heterocycles. The van der Waals surface area contributed by atoms with Gasteiger partial charge in [-0.3, -0.25) is 4.90 Å². The minimum atomic E-state index is 0.254. The molecule has 114 valence electrons. The van der Waals surface area contributed by atoms with Gasteiger partial charge in [0.1, 0.15) is 0 Å². The van der Waals surface area contributed by atoms with E-state index in [0.717, 1.165) is 18.4 Å². The highest BCUT2D eigenvalue weighted by Gasteiger charge is 2.41. The maximum Gasteiger partial charge on any atom is 0.0334 e. The molecule has 0 aromatic rings. The molecule has 1 fully saturated rings. The average Bonchev–Trinajstić information content (AvgIpc) is 2.43. The van der Waals surface area contributed by atoms with E-state index in [-0.39, 0.29) is 5.54 Å². The van der Waals surface area contributed by atoms with Crippen molar-refractivity contribution in [2.45, 2.75) is 64.5 Å². The van der Waals surface area contributed by atoms with E-state index in [2.05, 4.69) is 39.0 Å². The predicted octanol–water partition coefficient (Wildman–Crippen LogP) is 3.60. The van der Waals surface area contributed by atoms with Crippen LogP contribution in [0.2, 0.25) is 0 Å². The lowest BCUT2D eigenvalue weighted by atomic mass is 9.70. The van der Waals surface area contributed by atoms with Gasteiger partial charge >= 0.3 is 0 Å². The molecule has 0 radical (unpaired) electrons. The number of nitrogens with zero attached hydrogens (tertiary/aromatic N) is 1. The molecule has 3 atom stereocenters. The third-order valence-corrected chi connectivity index (χ3v) is 6.03. The van der Waals surface area contributed by atoms with Crippen LogP contribution in [0.3, 0.4) is 0 Å². The van der Waals surface area contributed by atoms with Gasteiger partial charge in [-0.25, -0.2) is 0 Å². The summed E-state index contributed by atoms with van der Waals surface area (Å²) in [6, 6.07) is 0.671. The van der Waals surface area contributed by atoms with Gasteiger partial charge in [0.2, 0.25) is 0 Å². The summed E-state index contributed by atoms with van der Waals surface area (Å²) in [5.41, 5.74) is 6.50. The van der Waals surface area contributed by atoms with Crippen molar-refractivity contribution in [3.8, 4) is 0 Å². The average molecular weight is 287 g/mol. The van der Waals surface area contributed by atoms with Gasteiger partial charge in [0, 0.05) is 23.9 Å². The van der Waals surface area contributed by atoms with Crippen LogP contribution in [0.5, 0.6) is 0 Å². The van der Waals surface area contributed by atoms with Crippen molar-refractivity contribution in [1.29, 1.82) is 0 Å². The normalized spacial score (nSPS) is 30.0. The van der Waals surface area contributed by atoms with E-state index in [1.807, 2.05) is 11.8 Å². The van der Waals surface area contributed by atoms with E-state index in [1.54, 1.807) is 0 Å². The van der Waals surface area contributed by atoms with E-state index in [1.165, 1.54) is 37.9 Å². The molecule has 3 heteroatoms. The van der Waals surface area contributed by atoms with Crippen LogP contribution in [-0.2, 0) is 0 Å². The number of hydrogen-bond acceptors (Lipinski definition) is 3. The van der Waals surface area contributed by atoms with Crippen molar-refractivity contribution in [2.24, 2.45) is 17.6 Å². The van der Waals surface area contributed by atoms with Gasteiger partial charge in [0.15, 0.2) is 0 Å². The van der Waals surface area contributed by atoms with Crippen LogP contribution in [0, 0.1) is 11.8 Å². The van der Waals surface area contributed by atoms with Gasteiger partial charge in [0.25, 0.3) is 0 Å². The zero-order valence-electron chi connectivity index (χ0n) is 13.6. The fourth-order valence-corrected chi connectivity index (χ4v) is 4.53. The topological polar surface area (TPSA) is 29.3 Å². The number of hydrogen-bond donors (Lipinski definition) is 1.